The van der Waals surface area contributed by atoms with E-state index in [1.54, 1.807) is 0 Å². The van der Waals surface area contributed by atoms with E-state index in [1.807, 2.05) is 5.10 Å². The van der Waals surface area contributed by atoms with Crippen LogP contribution in [-0.2, 0) is 15.8 Å². The maximum absolute atomic E-state index is 13.4. The van der Waals surface area contributed by atoms with Crippen LogP contribution in [0.2, 0.25) is 5.02 Å². The molecule has 8 N–H and O–H groups in total. The van der Waals surface area contributed by atoms with Gasteiger partial charge in [-0.1, -0.05) is 18.0 Å². The van der Waals surface area contributed by atoms with Gasteiger partial charge in [0.15, 0.2) is 17.2 Å². The van der Waals surface area contributed by atoms with E-state index in [9.17, 15) is 27.6 Å². The number of aromatic nitrogens is 5. The Bertz CT molecular complexity index is 1640. The molecule has 0 unspecified atom stereocenters. The highest BCUT2D eigenvalue weighted by Gasteiger charge is 2.36. The normalized spacial score (nSPS) is 12.1. The quantitative estimate of drug-likeness (QED) is 0.0879. The SMILES string of the molecule is NCCCC[C@H](N)C(=O)NCCNC(=O)c1ccc(Nc2nccn3c(-c4cn[nH]c4C(F)(F)F)cnc23)c(OC=O)c1Cl. The summed E-state index contributed by atoms with van der Waals surface area (Å²) >= 11 is 6.43. The summed E-state index contributed by atoms with van der Waals surface area (Å²) in [7, 11) is 0. The van der Waals surface area contributed by atoms with E-state index in [0.717, 1.165) is 19.0 Å². The zero-order valence-corrected chi connectivity index (χ0v) is 23.7. The molecule has 18 heteroatoms. The second kappa shape index (κ2) is 14.2. The number of aromatic amines is 1. The Morgan fingerprint density at radius 2 is 1.93 bits per heavy atom. The first-order chi connectivity index (χ1) is 21.1. The van der Waals surface area contributed by atoms with Gasteiger partial charge in [-0.15, -0.1) is 0 Å². The van der Waals surface area contributed by atoms with Crippen LogP contribution < -0.4 is 32.2 Å². The summed E-state index contributed by atoms with van der Waals surface area (Å²) in [5.74, 6) is -1.10. The summed E-state index contributed by atoms with van der Waals surface area (Å²) in [5.41, 5.74) is 10.3. The van der Waals surface area contributed by atoms with E-state index in [1.165, 1.54) is 35.1 Å². The molecule has 0 radical (unpaired) electrons. The molecular weight excluding hydrogens is 609 g/mol. The molecule has 234 valence electrons. The molecule has 1 aromatic carbocycles. The number of ether oxygens (including phenoxy) is 1. The van der Waals surface area contributed by atoms with E-state index in [4.69, 9.17) is 27.8 Å². The number of unbranched alkanes of at least 4 members (excludes halogenated alkanes) is 1. The minimum Gasteiger partial charge on any atom is -0.425 e. The number of alkyl halides is 3. The summed E-state index contributed by atoms with van der Waals surface area (Å²) in [6.45, 7) is 0.788. The molecule has 0 aliphatic heterocycles. The van der Waals surface area contributed by atoms with E-state index in [0.29, 0.717) is 13.0 Å². The van der Waals surface area contributed by atoms with Gasteiger partial charge in [0.05, 0.1) is 46.0 Å². The third-order valence-electron chi connectivity index (χ3n) is 6.40. The number of hydrogen-bond donors (Lipinski definition) is 6. The summed E-state index contributed by atoms with van der Waals surface area (Å²) in [4.78, 5) is 44.6. The van der Waals surface area contributed by atoms with Crippen LogP contribution in [-0.4, -0.2) is 68.5 Å². The second-order valence-electron chi connectivity index (χ2n) is 9.35. The molecule has 0 spiro atoms. The topological polar surface area (TPSA) is 207 Å². The van der Waals surface area contributed by atoms with Gasteiger partial charge in [0.2, 0.25) is 5.91 Å². The summed E-state index contributed by atoms with van der Waals surface area (Å²) in [5, 5.41) is 13.4. The average Bonchev–Trinajstić information content (AvgIpc) is 3.65. The number of halogens is 4. The summed E-state index contributed by atoms with van der Waals surface area (Å²) < 4.78 is 46.8. The third-order valence-corrected chi connectivity index (χ3v) is 6.78. The van der Waals surface area contributed by atoms with Crippen molar-refractivity contribution in [2.24, 2.45) is 11.5 Å². The highest BCUT2D eigenvalue weighted by Crippen LogP contribution is 2.39. The number of carbonyl (C=O) groups excluding carboxylic acids is 3. The van der Waals surface area contributed by atoms with Gasteiger partial charge in [-0.05, 0) is 31.5 Å². The van der Waals surface area contributed by atoms with Crippen LogP contribution in [0.4, 0.5) is 24.7 Å². The highest BCUT2D eigenvalue weighted by molar-refractivity contribution is 6.36. The monoisotopic (exact) mass is 636 g/mol. The molecule has 2 amide bonds. The van der Waals surface area contributed by atoms with Gasteiger partial charge < -0.3 is 32.2 Å². The zero-order chi connectivity index (χ0) is 31.9. The minimum absolute atomic E-state index is 0.0345. The predicted octanol–water partition coefficient (Wildman–Crippen LogP) is 2.37. The molecule has 1 atom stereocenters. The number of anilines is 2. The van der Waals surface area contributed by atoms with Crippen LogP contribution >= 0.6 is 11.6 Å². The molecule has 0 fully saturated rings. The lowest BCUT2D eigenvalue weighted by molar-refractivity contribution is -0.140. The van der Waals surface area contributed by atoms with Crippen LogP contribution in [0.1, 0.15) is 35.3 Å². The fourth-order valence-electron chi connectivity index (χ4n) is 4.25. The van der Waals surface area contributed by atoms with Crippen LogP contribution in [0.3, 0.4) is 0 Å². The van der Waals surface area contributed by atoms with Crippen LogP contribution in [0.15, 0.2) is 36.9 Å². The van der Waals surface area contributed by atoms with Crippen LogP contribution in [0.5, 0.6) is 5.75 Å². The fourth-order valence-corrected chi connectivity index (χ4v) is 4.55. The van der Waals surface area contributed by atoms with E-state index < -0.39 is 23.8 Å². The number of rotatable bonds is 14. The number of benzene rings is 1. The number of hydrogen-bond acceptors (Lipinski definition) is 10. The summed E-state index contributed by atoms with van der Waals surface area (Å²) in [6, 6.07) is 2.07. The highest BCUT2D eigenvalue weighted by atomic mass is 35.5. The number of nitrogens with zero attached hydrogens (tertiary/aromatic N) is 4. The first-order valence-electron chi connectivity index (χ1n) is 13.2. The Hall–Kier alpha value is -4.74. The number of amides is 2. The predicted molar refractivity (Wildman–Crippen MR) is 153 cm³/mol. The van der Waals surface area contributed by atoms with E-state index in [-0.39, 0.29) is 70.2 Å². The van der Waals surface area contributed by atoms with Gasteiger partial charge in [0, 0.05) is 25.5 Å². The molecule has 0 aliphatic carbocycles. The molecule has 14 nitrogen and oxygen atoms in total. The standard InChI is InChI=1S/C26H28ClF3N10O4/c27-19-14(24(42)34-7-8-35-25(43)16(32)3-1-2-6-31)4-5-17(20(19)44-13-41)38-22-23-36-12-18(40(23)10-9-33-22)15-11-37-39-21(15)26(28,29)30/h4-5,9-13,16H,1-3,6-8,31-32H2,(H,33,38)(H,34,42)(H,35,43)(H,37,39)/t16-/m0/s1. The minimum atomic E-state index is -4.68. The van der Waals surface area contributed by atoms with E-state index >= 15 is 0 Å². The van der Waals surface area contributed by atoms with Gasteiger partial charge in [0.1, 0.15) is 5.69 Å². The van der Waals surface area contributed by atoms with Crippen molar-refractivity contribution in [3.8, 4) is 17.0 Å². The van der Waals surface area contributed by atoms with Gasteiger partial charge in [-0.3, -0.25) is 23.9 Å². The Balaban J connectivity index is 1.49. The number of fused-ring (bicyclic) bond motifs is 1. The lowest BCUT2D eigenvalue weighted by Gasteiger charge is -2.15. The van der Waals surface area contributed by atoms with Crippen molar-refractivity contribution >= 4 is 47.0 Å². The van der Waals surface area contributed by atoms with Gasteiger partial charge in [-0.2, -0.15) is 18.3 Å². The molecular formula is C26H28ClF3N10O4. The number of carbonyl (C=O) groups is 3. The fraction of sp³-hybridized carbons (Fsp3) is 0.308. The van der Waals surface area contributed by atoms with Crippen molar-refractivity contribution in [3.63, 3.8) is 0 Å². The lowest BCUT2D eigenvalue weighted by atomic mass is 10.1. The Labute approximate surface area is 252 Å². The smallest absolute Gasteiger partial charge is 0.425 e. The van der Waals surface area contributed by atoms with Crippen molar-refractivity contribution in [2.45, 2.75) is 31.5 Å². The molecule has 4 aromatic rings. The second-order valence-corrected chi connectivity index (χ2v) is 9.73. The molecule has 0 aliphatic rings. The maximum Gasteiger partial charge on any atom is 0.433 e. The van der Waals surface area contributed by atoms with Crippen LogP contribution in [0.25, 0.3) is 16.9 Å². The molecule has 3 heterocycles. The molecule has 4 rings (SSSR count). The first-order valence-corrected chi connectivity index (χ1v) is 13.6. The number of nitrogens with two attached hydrogens (primary N) is 2. The molecule has 44 heavy (non-hydrogen) atoms. The number of nitrogens with one attached hydrogen (secondary N) is 4. The van der Waals surface area contributed by atoms with Gasteiger partial charge >= 0.3 is 6.18 Å². The van der Waals surface area contributed by atoms with Gasteiger partial charge in [-0.25, -0.2) is 9.97 Å². The van der Waals surface area contributed by atoms with Crippen molar-refractivity contribution < 1.29 is 32.3 Å². The van der Waals surface area contributed by atoms with Crippen molar-refractivity contribution in [2.75, 3.05) is 25.0 Å². The average molecular weight is 637 g/mol. The molecule has 0 saturated carbocycles. The third kappa shape index (κ3) is 7.24. The van der Waals surface area contributed by atoms with Crippen molar-refractivity contribution in [3.05, 3.63) is 53.2 Å². The molecule has 0 saturated heterocycles. The zero-order valence-electron chi connectivity index (χ0n) is 22.9. The molecule has 3 aromatic heterocycles. The molecule has 0 bridgehead atoms. The Kier molecular flexibility index (Phi) is 10.4. The van der Waals surface area contributed by atoms with Gasteiger partial charge in [0.25, 0.3) is 12.4 Å². The summed E-state index contributed by atoms with van der Waals surface area (Å²) in [6.07, 6.45) is 2.29. The Morgan fingerprint density at radius 1 is 1.16 bits per heavy atom. The Morgan fingerprint density at radius 3 is 2.66 bits per heavy atom. The largest absolute Gasteiger partial charge is 0.433 e. The first kappa shape index (κ1) is 32.2. The number of imidazole rings is 1. The lowest BCUT2D eigenvalue weighted by Crippen LogP contribution is -2.43. The van der Waals surface area contributed by atoms with Crippen molar-refractivity contribution in [1.29, 1.82) is 0 Å². The number of H-pyrrole nitrogens is 1. The van der Waals surface area contributed by atoms with Crippen LogP contribution in [0, 0.1) is 0 Å². The maximum atomic E-state index is 13.4. The van der Waals surface area contributed by atoms with Crippen molar-refractivity contribution in [1.82, 2.24) is 35.2 Å². The van der Waals surface area contributed by atoms with E-state index in [2.05, 4.69) is 31.0 Å².